The molecule has 2 rings (SSSR count). The Kier molecular flexibility index (Phi) is 8.55. The first-order valence-electron chi connectivity index (χ1n) is 7.69. The molecule has 1 atom stereocenters. The predicted octanol–water partition coefficient (Wildman–Crippen LogP) is 3.36. The van der Waals surface area contributed by atoms with E-state index in [1.807, 2.05) is 63.4 Å². The number of rotatable bonds is 6. The molecule has 1 unspecified atom stereocenters. The van der Waals surface area contributed by atoms with Crippen LogP contribution >= 0.6 is 67.8 Å². The molecule has 0 aliphatic heterocycles. The molecular weight excluding hydrogens is 687 g/mol. The first-order chi connectivity index (χ1) is 12.8. The molecule has 0 saturated carbocycles. The first kappa shape index (κ1) is 22.2. The number of hydrogen-bond acceptors (Lipinski definition) is 4. The standard InChI is InChI=1S/C18H14I3N3O3/c19-12-3-1-10(2-4-12)17(26)24-9-13(18(27)23-6-5-22)11-7-14(20)16(25)15(21)8-11/h1-4,7-8,13,25H,6,9H2,(H,23,27)(H,24,26). The summed E-state index contributed by atoms with van der Waals surface area (Å²) in [5.74, 6) is -1.18. The highest BCUT2D eigenvalue weighted by Crippen LogP contribution is 2.30. The Morgan fingerprint density at radius 1 is 1.07 bits per heavy atom. The highest BCUT2D eigenvalue weighted by molar-refractivity contribution is 14.1. The number of carbonyl (C=O) groups excluding carboxylic acids is 2. The lowest BCUT2D eigenvalue weighted by Gasteiger charge is -2.18. The van der Waals surface area contributed by atoms with Crippen molar-refractivity contribution in [2.45, 2.75) is 5.92 Å². The van der Waals surface area contributed by atoms with Gasteiger partial charge in [0.05, 0.1) is 19.1 Å². The van der Waals surface area contributed by atoms with Crippen molar-refractivity contribution in [1.82, 2.24) is 10.6 Å². The Bertz CT molecular complexity index is 872. The minimum atomic E-state index is -0.686. The number of nitrogens with one attached hydrogen (secondary N) is 2. The molecule has 2 aromatic rings. The minimum absolute atomic E-state index is 0.0685. The number of halogens is 3. The van der Waals surface area contributed by atoms with Gasteiger partial charge in [0.15, 0.2) is 0 Å². The van der Waals surface area contributed by atoms with Gasteiger partial charge in [-0.05, 0) is 110 Å². The molecule has 0 radical (unpaired) electrons. The van der Waals surface area contributed by atoms with Gasteiger partial charge in [0.25, 0.3) is 5.91 Å². The molecule has 0 saturated heterocycles. The third kappa shape index (κ3) is 6.18. The van der Waals surface area contributed by atoms with Gasteiger partial charge in [0.2, 0.25) is 5.91 Å². The molecule has 140 valence electrons. The monoisotopic (exact) mass is 701 g/mol. The first-order valence-corrected chi connectivity index (χ1v) is 10.9. The molecule has 0 aliphatic carbocycles. The molecule has 0 aliphatic rings. The molecular formula is C18H14I3N3O3. The maximum atomic E-state index is 12.5. The lowest BCUT2D eigenvalue weighted by atomic mass is 9.97. The molecule has 6 nitrogen and oxygen atoms in total. The SMILES string of the molecule is N#CCNC(=O)C(CNC(=O)c1ccc(I)cc1)c1cc(I)c(O)c(I)c1. The van der Waals surface area contributed by atoms with Crippen molar-refractivity contribution in [3.8, 4) is 11.8 Å². The maximum absolute atomic E-state index is 12.5. The molecule has 0 fully saturated rings. The van der Waals surface area contributed by atoms with E-state index >= 15 is 0 Å². The van der Waals surface area contributed by atoms with E-state index in [0.717, 1.165) is 3.57 Å². The number of phenols is 1. The van der Waals surface area contributed by atoms with Crippen molar-refractivity contribution < 1.29 is 14.7 Å². The second kappa shape index (κ2) is 10.4. The highest BCUT2D eigenvalue weighted by atomic mass is 127. The summed E-state index contributed by atoms with van der Waals surface area (Å²) in [6.45, 7) is -0.0499. The summed E-state index contributed by atoms with van der Waals surface area (Å²) in [6.07, 6.45) is 0. The fraction of sp³-hybridized carbons (Fsp3) is 0.167. The van der Waals surface area contributed by atoms with E-state index in [0.29, 0.717) is 18.3 Å². The average Bonchev–Trinajstić information content (AvgIpc) is 2.64. The zero-order chi connectivity index (χ0) is 20.0. The fourth-order valence-electron chi connectivity index (χ4n) is 2.30. The van der Waals surface area contributed by atoms with E-state index in [1.165, 1.54) is 0 Å². The zero-order valence-electron chi connectivity index (χ0n) is 13.8. The molecule has 27 heavy (non-hydrogen) atoms. The van der Waals surface area contributed by atoms with Crippen molar-refractivity contribution in [3.05, 3.63) is 58.2 Å². The van der Waals surface area contributed by atoms with Gasteiger partial charge in [-0.3, -0.25) is 9.59 Å². The number of phenolic OH excluding ortho intramolecular Hbond substituents is 1. The highest BCUT2D eigenvalue weighted by Gasteiger charge is 2.23. The molecule has 0 spiro atoms. The molecule has 0 aromatic heterocycles. The van der Waals surface area contributed by atoms with E-state index in [1.54, 1.807) is 24.3 Å². The van der Waals surface area contributed by atoms with Gasteiger partial charge in [-0.25, -0.2) is 0 Å². The Hall–Kier alpha value is -1.14. The third-order valence-corrected chi connectivity index (χ3v) is 6.04. The fourth-order valence-corrected chi connectivity index (χ4v) is 4.47. The van der Waals surface area contributed by atoms with Crippen LogP contribution in [0.3, 0.4) is 0 Å². The number of nitriles is 1. The Labute approximate surface area is 197 Å². The summed E-state index contributed by atoms with van der Waals surface area (Å²) < 4.78 is 2.24. The summed E-state index contributed by atoms with van der Waals surface area (Å²) in [6, 6.07) is 12.4. The van der Waals surface area contributed by atoms with Crippen LogP contribution in [-0.4, -0.2) is 30.0 Å². The summed E-state index contributed by atoms with van der Waals surface area (Å²) in [5, 5.41) is 24.0. The molecule has 2 aromatic carbocycles. The van der Waals surface area contributed by atoms with Crippen LogP contribution in [-0.2, 0) is 4.79 Å². The lowest BCUT2D eigenvalue weighted by Crippen LogP contribution is -2.37. The summed E-state index contributed by atoms with van der Waals surface area (Å²) in [4.78, 5) is 24.9. The summed E-state index contributed by atoms with van der Waals surface area (Å²) >= 11 is 6.13. The number of hydrogen-bond donors (Lipinski definition) is 3. The van der Waals surface area contributed by atoms with Gasteiger partial charge in [0.1, 0.15) is 12.3 Å². The number of aromatic hydroxyl groups is 1. The summed E-state index contributed by atoms with van der Waals surface area (Å²) in [5.41, 5.74) is 1.15. The van der Waals surface area contributed by atoms with Crippen molar-refractivity contribution in [2.24, 2.45) is 0 Å². The van der Waals surface area contributed by atoms with E-state index in [4.69, 9.17) is 5.26 Å². The van der Waals surface area contributed by atoms with Gasteiger partial charge in [-0.2, -0.15) is 5.26 Å². The zero-order valence-corrected chi connectivity index (χ0v) is 20.3. The van der Waals surface area contributed by atoms with E-state index < -0.39 is 5.92 Å². The van der Waals surface area contributed by atoms with Crippen molar-refractivity contribution in [1.29, 1.82) is 5.26 Å². The van der Waals surface area contributed by atoms with E-state index in [2.05, 4.69) is 33.2 Å². The van der Waals surface area contributed by atoms with Crippen LogP contribution in [0, 0.1) is 22.0 Å². The molecule has 9 heteroatoms. The summed E-state index contributed by atoms with van der Waals surface area (Å²) in [7, 11) is 0. The van der Waals surface area contributed by atoms with Gasteiger partial charge in [-0.1, -0.05) is 0 Å². The van der Waals surface area contributed by atoms with Crippen LogP contribution in [0.25, 0.3) is 0 Å². The Morgan fingerprint density at radius 3 is 2.22 bits per heavy atom. The number of benzene rings is 2. The Balaban J connectivity index is 2.22. The normalized spacial score (nSPS) is 11.3. The molecule has 2 amide bonds. The average molecular weight is 701 g/mol. The van der Waals surface area contributed by atoms with Gasteiger partial charge >= 0.3 is 0 Å². The largest absolute Gasteiger partial charge is 0.506 e. The number of nitrogens with zero attached hydrogens (tertiary/aromatic N) is 1. The van der Waals surface area contributed by atoms with Crippen LogP contribution in [0.1, 0.15) is 21.8 Å². The van der Waals surface area contributed by atoms with Crippen LogP contribution < -0.4 is 10.6 Å². The Morgan fingerprint density at radius 2 is 1.67 bits per heavy atom. The topological polar surface area (TPSA) is 102 Å². The number of amides is 2. The van der Waals surface area contributed by atoms with Gasteiger partial charge in [0, 0.05) is 15.7 Å². The molecule has 0 bridgehead atoms. The minimum Gasteiger partial charge on any atom is -0.506 e. The van der Waals surface area contributed by atoms with Gasteiger partial charge < -0.3 is 15.7 Å². The predicted molar refractivity (Wildman–Crippen MR) is 126 cm³/mol. The maximum Gasteiger partial charge on any atom is 0.251 e. The van der Waals surface area contributed by atoms with E-state index in [-0.39, 0.29) is 30.7 Å². The van der Waals surface area contributed by atoms with Crippen molar-refractivity contribution in [3.63, 3.8) is 0 Å². The quantitative estimate of drug-likeness (QED) is 0.318. The van der Waals surface area contributed by atoms with Crippen molar-refractivity contribution >= 4 is 79.6 Å². The van der Waals surface area contributed by atoms with Crippen molar-refractivity contribution in [2.75, 3.05) is 13.1 Å². The second-order valence-corrected chi connectivity index (χ2v) is 9.05. The third-order valence-electron chi connectivity index (χ3n) is 3.67. The van der Waals surface area contributed by atoms with E-state index in [9.17, 15) is 14.7 Å². The lowest BCUT2D eigenvalue weighted by molar-refractivity contribution is -0.122. The number of carbonyl (C=O) groups is 2. The smallest absolute Gasteiger partial charge is 0.251 e. The second-order valence-electron chi connectivity index (χ2n) is 5.48. The molecule has 3 N–H and O–H groups in total. The van der Waals surface area contributed by atoms with Crippen LogP contribution in [0.15, 0.2) is 36.4 Å². The van der Waals surface area contributed by atoms with Crippen LogP contribution in [0.5, 0.6) is 5.75 Å². The van der Waals surface area contributed by atoms with Crippen LogP contribution in [0.2, 0.25) is 0 Å². The van der Waals surface area contributed by atoms with Crippen LogP contribution in [0.4, 0.5) is 0 Å². The molecule has 0 heterocycles. The van der Waals surface area contributed by atoms with Gasteiger partial charge in [-0.15, -0.1) is 0 Å².